The zero-order valence-corrected chi connectivity index (χ0v) is 20.4. The molecule has 0 bridgehead atoms. The molecule has 36 heavy (non-hydrogen) atoms. The minimum Gasteiger partial charge on any atom is -0.443 e. The lowest BCUT2D eigenvalue weighted by atomic mass is 9.79. The maximum atomic E-state index is 15.2. The lowest BCUT2D eigenvalue weighted by Gasteiger charge is -2.29. The summed E-state index contributed by atoms with van der Waals surface area (Å²) < 4.78 is 22.5. The number of imide groups is 1. The summed E-state index contributed by atoms with van der Waals surface area (Å²) in [5.74, 6) is -2.27. The third-order valence-electron chi connectivity index (χ3n) is 7.40. The molecule has 0 radical (unpaired) electrons. The topological polar surface area (TPSA) is 120 Å². The van der Waals surface area contributed by atoms with E-state index in [0.717, 1.165) is 25.1 Å². The Bertz CT molecular complexity index is 1240. The van der Waals surface area contributed by atoms with Crippen molar-refractivity contribution in [3.05, 3.63) is 34.6 Å². The first-order chi connectivity index (χ1) is 17.1. The summed E-state index contributed by atoms with van der Waals surface area (Å²) in [5.41, 5.74) is 2.58. The molecule has 4 aliphatic rings. The average Bonchev–Trinajstić information content (AvgIpc) is 3.39. The number of hydrogen-bond donors (Lipinski definition) is 2. The maximum Gasteiger partial charge on any atom is 0.407 e. The van der Waals surface area contributed by atoms with Gasteiger partial charge < -0.3 is 15.0 Å². The van der Waals surface area contributed by atoms with Crippen molar-refractivity contribution in [3.63, 3.8) is 0 Å². The van der Waals surface area contributed by atoms with Crippen molar-refractivity contribution >= 4 is 35.2 Å². The average molecular weight is 499 g/mol. The number of carbonyl (C=O) groups is 4. The fraction of sp³-hybridized carbons (Fsp3) is 0.520. The van der Waals surface area contributed by atoms with Crippen LogP contribution in [0.2, 0.25) is 0 Å². The molecule has 1 saturated heterocycles. The Morgan fingerprint density at radius 1 is 1.33 bits per heavy atom. The maximum absolute atomic E-state index is 15.2. The van der Waals surface area contributed by atoms with E-state index in [1.807, 2.05) is 4.68 Å². The Labute approximate surface area is 207 Å². The molecule has 0 saturated carbocycles. The second-order valence-electron chi connectivity index (χ2n) is 10.3. The van der Waals surface area contributed by atoms with Crippen LogP contribution in [0, 0.1) is 11.2 Å². The molecule has 4 aliphatic heterocycles. The normalized spacial score (nSPS) is 22.8. The van der Waals surface area contributed by atoms with Gasteiger partial charge in [-0.25, -0.2) is 9.18 Å². The molecule has 190 valence electrons. The van der Waals surface area contributed by atoms with Crippen LogP contribution in [-0.2, 0) is 27.4 Å². The van der Waals surface area contributed by atoms with E-state index >= 15 is 4.39 Å². The molecule has 5 rings (SSSR count). The van der Waals surface area contributed by atoms with Gasteiger partial charge in [0.05, 0.1) is 12.0 Å². The predicted octanol–water partition coefficient (Wildman–Crippen LogP) is 1.85. The van der Waals surface area contributed by atoms with Gasteiger partial charge in [-0.05, 0) is 23.5 Å². The van der Waals surface area contributed by atoms with Crippen molar-refractivity contribution in [1.82, 2.24) is 15.5 Å². The van der Waals surface area contributed by atoms with Gasteiger partial charge >= 0.3 is 6.09 Å². The number of amides is 4. The summed E-state index contributed by atoms with van der Waals surface area (Å²) >= 11 is 0. The molecule has 10 nitrogen and oxygen atoms in total. The van der Waals surface area contributed by atoms with Crippen LogP contribution in [0.5, 0.6) is 0 Å². The summed E-state index contributed by atoms with van der Waals surface area (Å²) in [7, 11) is 0. The van der Waals surface area contributed by atoms with Gasteiger partial charge in [0.2, 0.25) is 11.8 Å². The number of fused-ring (bicyclic) bond motifs is 1. The van der Waals surface area contributed by atoms with Crippen molar-refractivity contribution in [2.75, 3.05) is 13.2 Å². The van der Waals surface area contributed by atoms with Crippen molar-refractivity contribution < 1.29 is 33.0 Å². The van der Waals surface area contributed by atoms with Crippen LogP contribution in [0.25, 0.3) is 0 Å². The van der Waals surface area contributed by atoms with E-state index in [2.05, 4.69) is 29.6 Å². The van der Waals surface area contributed by atoms with E-state index in [1.54, 1.807) is 6.07 Å². The van der Waals surface area contributed by atoms with Crippen molar-refractivity contribution in [2.24, 2.45) is 10.5 Å². The zero-order chi connectivity index (χ0) is 25.6. The quantitative estimate of drug-likeness (QED) is 0.474. The Balaban J connectivity index is 1.17. The minimum atomic E-state index is -0.819. The SMILES string of the molecule is CC1(C)CCC[N+]2=C1CC(COC(=O)NCc1ccc3c(c1F)C(=O)N(C1CCC(=O)NC1=O)C3)=N2. The molecule has 1 aromatic carbocycles. The van der Waals surface area contributed by atoms with Crippen LogP contribution in [0.3, 0.4) is 0 Å². The molecule has 1 fully saturated rings. The number of rotatable bonds is 5. The molecule has 1 unspecified atom stereocenters. The van der Waals surface area contributed by atoms with Gasteiger partial charge in [-0.3, -0.25) is 19.7 Å². The number of piperidine rings is 1. The van der Waals surface area contributed by atoms with E-state index in [1.165, 1.54) is 16.7 Å². The Morgan fingerprint density at radius 2 is 2.14 bits per heavy atom. The Kier molecular flexibility index (Phi) is 6.09. The van der Waals surface area contributed by atoms with Gasteiger partial charge in [0.25, 0.3) is 5.91 Å². The molecule has 1 atom stereocenters. The number of halogens is 1. The smallest absolute Gasteiger partial charge is 0.407 e. The number of benzene rings is 1. The molecule has 4 heterocycles. The fourth-order valence-electron chi connectivity index (χ4n) is 5.38. The molecule has 2 N–H and O–H groups in total. The zero-order valence-electron chi connectivity index (χ0n) is 20.4. The predicted molar refractivity (Wildman–Crippen MR) is 126 cm³/mol. The molecule has 11 heteroatoms. The molecule has 1 aromatic rings. The minimum absolute atomic E-state index is 0.0496. The standard InChI is InChI=1S/C25H28FN5O5/c1-25(2)8-3-9-31-18(25)10-16(29-31)13-36-24(35)27-11-14-4-5-15-12-30(23(34)20(15)21(14)26)17-6-7-19(32)28-22(17)33/h4-5,17H,3,6-13H2,1-2H3,(H-,27,28,32,33,35)/p+1. The molecule has 4 amide bonds. The first-order valence-electron chi connectivity index (χ1n) is 12.2. The largest absolute Gasteiger partial charge is 0.443 e. The molecular weight excluding hydrogens is 469 g/mol. The summed E-state index contributed by atoms with van der Waals surface area (Å²) in [6.45, 7) is 5.23. The van der Waals surface area contributed by atoms with E-state index < -0.39 is 29.8 Å². The highest BCUT2D eigenvalue weighted by atomic mass is 19.1. The highest BCUT2D eigenvalue weighted by Crippen LogP contribution is 2.32. The number of hydrogen-bond acceptors (Lipinski definition) is 6. The van der Waals surface area contributed by atoms with Gasteiger partial charge in [-0.1, -0.05) is 30.7 Å². The van der Waals surface area contributed by atoms with Crippen molar-refractivity contribution in [1.29, 1.82) is 0 Å². The van der Waals surface area contributed by atoms with Crippen LogP contribution in [0.15, 0.2) is 17.2 Å². The lowest BCUT2D eigenvalue weighted by molar-refractivity contribution is -0.539. The van der Waals surface area contributed by atoms with Gasteiger partial charge in [0.1, 0.15) is 24.2 Å². The van der Waals surface area contributed by atoms with Crippen LogP contribution < -0.4 is 10.6 Å². The van der Waals surface area contributed by atoms with Crippen molar-refractivity contribution in [3.8, 4) is 0 Å². The highest BCUT2D eigenvalue weighted by Gasteiger charge is 2.42. The summed E-state index contributed by atoms with van der Waals surface area (Å²) in [4.78, 5) is 50.1. The summed E-state index contributed by atoms with van der Waals surface area (Å²) in [6, 6.07) is 2.31. The summed E-state index contributed by atoms with van der Waals surface area (Å²) in [5, 5.41) is 9.33. The molecule has 0 aromatic heterocycles. The van der Waals surface area contributed by atoms with Gasteiger partial charge in [0, 0.05) is 36.9 Å². The lowest BCUT2D eigenvalue weighted by Crippen LogP contribution is -2.52. The third-order valence-corrected chi connectivity index (χ3v) is 7.40. The second-order valence-corrected chi connectivity index (χ2v) is 10.3. The number of carbonyl (C=O) groups excluding carboxylic acids is 4. The molecule has 0 aliphatic carbocycles. The number of alkyl carbamates (subject to hydrolysis) is 1. The number of hydrazone groups is 1. The van der Waals surface area contributed by atoms with Gasteiger partial charge in [0.15, 0.2) is 12.3 Å². The van der Waals surface area contributed by atoms with E-state index in [4.69, 9.17) is 4.74 Å². The van der Waals surface area contributed by atoms with Gasteiger partial charge in [-0.15, -0.1) is 0 Å². The van der Waals surface area contributed by atoms with E-state index in [9.17, 15) is 19.2 Å². The first-order valence-corrected chi connectivity index (χ1v) is 12.2. The Morgan fingerprint density at radius 3 is 2.89 bits per heavy atom. The first kappa shape index (κ1) is 24.1. The van der Waals surface area contributed by atoms with Crippen LogP contribution in [0.4, 0.5) is 9.18 Å². The fourth-order valence-corrected chi connectivity index (χ4v) is 5.38. The Hall–Kier alpha value is -3.63. The molecule has 0 spiro atoms. The number of nitrogens with one attached hydrogen (secondary N) is 2. The second kappa shape index (κ2) is 9.11. The van der Waals surface area contributed by atoms with Crippen LogP contribution >= 0.6 is 0 Å². The van der Waals surface area contributed by atoms with E-state index in [0.29, 0.717) is 12.0 Å². The van der Waals surface area contributed by atoms with Gasteiger partial charge in [-0.2, -0.15) is 0 Å². The van der Waals surface area contributed by atoms with Crippen LogP contribution in [0.1, 0.15) is 67.4 Å². The highest BCUT2D eigenvalue weighted by molar-refractivity contribution is 6.07. The molecular formula is C25H29FN5O5+. The monoisotopic (exact) mass is 498 g/mol. The van der Waals surface area contributed by atoms with Crippen LogP contribution in [-0.4, -0.2) is 64.0 Å². The van der Waals surface area contributed by atoms with E-state index in [-0.39, 0.29) is 55.0 Å². The summed E-state index contributed by atoms with van der Waals surface area (Å²) in [6.07, 6.45) is 2.45. The number of nitrogens with zero attached hydrogens (tertiary/aromatic N) is 3. The third kappa shape index (κ3) is 4.38. The van der Waals surface area contributed by atoms with Crippen molar-refractivity contribution in [2.45, 2.75) is 65.1 Å². The number of ether oxygens (including phenoxy) is 1.